The molecule has 0 bridgehead atoms. The summed E-state index contributed by atoms with van der Waals surface area (Å²) >= 11 is 2.28. The van der Waals surface area contributed by atoms with E-state index >= 15 is 0 Å². The summed E-state index contributed by atoms with van der Waals surface area (Å²) in [6.07, 6.45) is 0.989. The van der Waals surface area contributed by atoms with Gasteiger partial charge in [0.2, 0.25) is 0 Å². The summed E-state index contributed by atoms with van der Waals surface area (Å²) in [6.45, 7) is 3.37. The lowest BCUT2D eigenvalue weighted by molar-refractivity contribution is 0.260. The van der Waals surface area contributed by atoms with Gasteiger partial charge in [-0.25, -0.2) is 0 Å². The van der Waals surface area contributed by atoms with E-state index in [1.807, 2.05) is 36.4 Å². The van der Waals surface area contributed by atoms with Crippen molar-refractivity contribution in [1.82, 2.24) is 0 Å². The second kappa shape index (κ2) is 7.38. The van der Waals surface area contributed by atoms with Gasteiger partial charge in [0.1, 0.15) is 6.61 Å². The minimum atomic E-state index is 0.559. The van der Waals surface area contributed by atoms with Crippen LogP contribution in [0.15, 0.2) is 48.5 Å². The largest absolute Gasteiger partial charge is 0.489 e. The second-order valence-corrected chi connectivity index (χ2v) is 5.35. The van der Waals surface area contributed by atoms with Crippen LogP contribution in [0.4, 0.5) is 0 Å². The summed E-state index contributed by atoms with van der Waals surface area (Å²) in [7, 11) is 0. The van der Waals surface area contributed by atoms with Crippen molar-refractivity contribution in [2.45, 2.75) is 20.0 Å². The van der Waals surface area contributed by atoms with Crippen LogP contribution in [0.3, 0.4) is 0 Å². The third-order valence-corrected chi connectivity index (χ3v) is 3.47. The molecule has 2 aromatic rings. The molecule has 0 amide bonds. The SMILES string of the molecule is CCCOc1c(I)cccc1OCc1ccccc1. The lowest BCUT2D eigenvalue weighted by Gasteiger charge is -2.13. The highest BCUT2D eigenvalue weighted by Gasteiger charge is 2.09. The molecule has 2 rings (SSSR count). The van der Waals surface area contributed by atoms with E-state index in [1.165, 1.54) is 0 Å². The summed E-state index contributed by atoms with van der Waals surface area (Å²) in [4.78, 5) is 0. The van der Waals surface area contributed by atoms with E-state index in [4.69, 9.17) is 9.47 Å². The molecule has 19 heavy (non-hydrogen) atoms. The predicted molar refractivity (Wildman–Crippen MR) is 85.7 cm³/mol. The van der Waals surface area contributed by atoms with E-state index in [9.17, 15) is 0 Å². The molecular weight excluding hydrogens is 351 g/mol. The first-order valence-corrected chi connectivity index (χ1v) is 7.47. The number of ether oxygens (including phenoxy) is 2. The molecule has 0 aromatic heterocycles. The third-order valence-electron chi connectivity index (χ3n) is 2.62. The number of halogens is 1. The molecule has 0 saturated heterocycles. The first-order valence-electron chi connectivity index (χ1n) is 6.39. The Kier molecular flexibility index (Phi) is 5.51. The Morgan fingerprint density at radius 3 is 2.47 bits per heavy atom. The van der Waals surface area contributed by atoms with Crippen LogP contribution in [0.2, 0.25) is 0 Å². The lowest BCUT2D eigenvalue weighted by atomic mass is 10.2. The van der Waals surface area contributed by atoms with Crippen molar-refractivity contribution in [3.05, 3.63) is 57.7 Å². The van der Waals surface area contributed by atoms with Crippen LogP contribution in [-0.2, 0) is 6.61 Å². The molecule has 0 spiro atoms. The molecule has 2 aromatic carbocycles. The summed E-state index contributed by atoms with van der Waals surface area (Å²) in [6, 6.07) is 16.1. The Morgan fingerprint density at radius 1 is 0.947 bits per heavy atom. The molecule has 0 N–H and O–H groups in total. The van der Waals surface area contributed by atoms with E-state index in [0.717, 1.165) is 27.1 Å². The van der Waals surface area contributed by atoms with Crippen LogP contribution in [-0.4, -0.2) is 6.61 Å². The van der Waals surface area contributed by atoms with Gasteiger partial charge in [-0.15, -0.1) is 0 Å². The summed E-state index contributed by atoms with van der Waals surface area (Å²) < 4.78 is 12.7. The molecule has 3 heteroatoms. The van der Waals surface area contributed by atoms with Gasteiger partial charge in [-0.3, -0.25) is 0 Å². The average Bonchev–Trinajstić information content (AvgIpc) is 2.45. The fourth-order valence-electron chi connectivity index (χ4n) is 1.68. The lowest BCUT2D eigenvalue weighted by Crippen LogP contribution is -2.02. The van der Waals surface area contributed by atoms with Crippen molar-refractivity contribution in [3.8, 4) is 11.5 Å². The van der Waals surface area contributed by atoms with Gasteiger partial charge in [0.05, 0.1) is 10.2 Å². The maximum Gasteiger partial charge on any atom is 0.174 e. The van der Waals surface area contributed by atoms with Crippen molar-refractivity contribution < 1.29 is 9.47 Å². The minimum Gasteiger partial charge on any atom is -0.489 e. The molecule has 0 saturated carbocycles. The predicted octanol–water partition coefficient (Wildman–Crippen LogP) is 4.66. The van der Waals surface area contributed by atoms with Crippen LogP contribution in [0.1, 0.15) is 18.9 Å². The quantitative estimate of drug-likeness (QED) is 0.691. The van der Waals surface area contributed by atoms with Gasteiger partial charge in [0, 0.05) is 0 Å². The average molecular weight is 368 g/mol. The number of hydrogen-bond donors (Lipinski definition) is 0. The monoisotopic (exact) mass is 368 g/mol. The van der Waals surface area contributed by atoms with Gasteiger partial charge in [0.15, 0.2) is 11.5 Å². The molecule has 0 unspecified atom stereocenters. The molecule has 0 fully saturated rings. The number of hydrogen-bond acceptors (Lipinski definition) is 2. The normalized spacial score (nSPS) is 10.2. The standard InChI is InChI=1S/C16H17IO2/c1-2-11-18-16-14(17)9-6-10-15(16)19-12-13-7-4-3-5-8-13/h3-10H,2,11-12H2,1H3. The maximum absolute atomic E-state index is 5.87. The van der Waals surface area contributed by atoms with E-state index in [1.54, 1.807) is 0 Å². The Morgan fingerprint density at radius 2 is 1.74 bits per heavy atom. The zero-order valence-corrected chi connectivity index (χ0v) is 13.1. The first kappa shape index (κ1) is 14.2. The summed E-state index contributed by atoms with van der Waals surface area (Å²) in [5.41, 5.74) is 1.16. The molecule has 0 aliphatic heterocycles. The van der Waals surface area contributed by atoms with Crippen LogP contribution in [0, 0.1) is 3.57 Å². The van der Waals surface area contributed by atoms with Crippen molar-refractivity contribution in [2.24, 2.45) is 0 Å². The smallest absolute Gasteiger partial charge is 0.174 e. The topological polar surface area (TPSA) is 18.5 Å². The van der Waals surface area contributed by atoms with Gasteiger partial charge in [-0.2, -0.15) is 0 Å². The van der Waals surface area contributed by atoms with E-state index in [-0.39, 0.29) is 0 Å². The highest BCUT2D eigenvalue weighted by molar-refractivity contribution is 14.1. The highest BCUT2D eigenvalue weighted by atomic mass is 127. The van der Waals surface area contributed by atoms with Crippen molar-refractivity contribution in [3.63, 3.8) is 0 Å². The molecule has 0 atom stereocenters. The van der Waals surface area contributed by atoms with E-state index in [0.29, 0.717) is 13.2 Å². The fourth-order valence-corrected chi connectivity index (χ4v) is 2.31. The minimum absolute atomic E-state index is 0.559. The Labute approximate surface area is 127 Å². The Hall–Kier alpha value is -1.23. The summed E-state index contributed by atoms with van der Waals surface area (Å²) in [5.74, 6) is 1.66. The molecular formula is C16H17IO2. The van der Waals surface area contributed by atoms with Crippen LogP contribution >= 0.6 is 22.6 Å². The molecule has 100 valence electrons. The number of para-hydroxylation sites is 1. The van der Waals surface area contributed by atoms with Gasteiger partial charge in [-0.05, 0) is 46.7 Å². The Bertz CT molecular complexity index is 511. The molecule has 0 radical (unpaired) electrons. The zero-order chi connectivity index (χ0) is 13.5. The van der Waals surface area contributed by atoms with Crippen LogP contribution in [0.25, 0.3) is 0 Å². The van der Waals surface area contributed by atoms with Crippen molar-refractivity contribution in [2.75, 3.05) is 6.61 Å². The van der Waals surface area contributed by atoms with Gasteiger partial charge in [-0.1, -0.05) is 43.3 Å². The fraction of sp³-hybridized carbons (Fsp3) is 0.250. The van der Waals surface area contributed by atoms with Gasteiger partial charge >= 0.3 is 0 Å². The van der Waals surface area contributed by atoms with Crippen LogP contribution < -0.4 is 9.47 Å². The van der Waals surface area contributed by atoms with E-state index < -0.39 is 0 Å². The third kappa shape index (κ3) is 4.13. The second-order valence-electron chi connectivity index (χ2n) is 4.19. The van der Waals surface area contributed by atoms with Crippen LogP contribution in [0.5, 0.6) is 11.5 Å². The van der Waals surface area contributed by atoms with Gasteiger partial charge < -0.3 is 9.47 Å². The van der Waals surface area contributed by atoms with E-state index in [2.05, 4.69) is 41.6 Å². The Balaban J connectivity index is 2.09. The number of rotatable bonds is 6. The first-order chi connectivity index (χ1) is 9.31. The molecule has 2 nitrogen and oxygen atoms in total. The maximum atomic E-state index is 5.87. The number of benzene rings is 2. The molecule has 0 aliphatic rings. The molecule has 0 heterocycles. The van der Waals surface area contributed by atoms with Crippen molar-refractivity contribution in [1.29, 1.82) is 0 Å². The highest BCUT2D eigenvalue weighted by Crippen LogP contribution is 2.33. The zero-order valence-electron chi connectivity index (χ0n) is 10.9. The molecule has 0 aliphatic carbocycles. The summed E-state index contributed by atoms with van der Waals surface area (Å²) in [5, 5.41) is 0. The van der Waals surface area contributed by atoms with Gasteiger partial charge in [0.25, 0.3) is 0 Å². The van der Waals surface area contributed by atoms with Crippen molar-refractivity contribution >= 4 is 22.6 Å².